The van der Waals surface area contributed by atoms with Gasteiger partial charge in [-0.05, 0) is 37.7 Å². The summed E-state index contributed by atoms with van der Waals surface area (Å²) < 4.78 is 44.1. The number of halogens is 2. The molecule has 0 aromatic carbocycles. The highest BCUT2D eigenvalue weighted by molar-refractivity contribution is 7.15. The molecular formula is C26H23F2N5O4S. The molecule has 9 nitrogen and oxygen atoms in total. The van der Waals surface area contributed by atoms with E-state index in [0.717, 1.165) is 37.0 Å². The Bertz CT molecular complexity index is 1440. The summed E-state index contributed by atoms with van der Waals surface area (Å²) in [6, 6.07) is 2.77. The molecule has 6 rings (SSSR count). The van der Waals surface area contributed by atoms with Crippen molar-refractivity contribution in [2.45, 2.75) is 38.2 Å². The summed E-state index contributed by atoms with van der Waals surface area (Å²) in [6.07, 6.45) is 3.65. The predicted octanol–water partition coefficient (Wildman–Crippen LogP) is 4.51. The average Bonchev–Trinajstić information content (AvgIpc) is 3.75. The molecule has 2 atom stereocenters. The van der Waals surface area contributed by atoms with Crippen molar-refractivity contribution in [2.75, 3.05) is 25.6 Å². The molecule has 1 amide bonds. The average molecular weight is 540 g/mol. The van der Waals surface area contributed by atoms with E-state index in [1.165, 1.54) is 25.6 Å². The van der Waals surface area contributed by atoms with Crippen LogP contribution in [-0.2, 0) is 4.74 Å². The van der Waals surface area contributed by atoms with E-state index >= 15 is 0 Å². The Morgan fingerprint density at radius 3 is 2.84 bits per heavy atom. The molecular weight excluding hydrogens is 516 g/mol. The van der Waals surface area contributed by atoms with Crippen molar-refractivity contribution in [1.82, 2.24) is 20.2 Å². The van der Waals surface area contributed by atoms with E-state index in [4.69, 9.17) is 14.2 Å². The molecule has 4 heterocycles. The summed E-state index contributed by atoms with van der Waals surface area (Å²) in [6.45, 7) is 1.33. The molecule has 1 spiro atoms. The number of nitrogens with one attached hydrogen (secondary N) is 1. The highest BCUT2D eigenvalue weighted by Crippen LogP contribution is 2.54. The predicted molar refractivity (Wildman–Crippen MR) is 133 cm³/mol. The Labute approximate surface area is 221 Å². The lowest BCUT2D eigenvalue weighted by atomic mass is 10.00. The van der Waals surface area contributed by atoms with Crippen LogP contribution in [0, 0.1) is 23.2 Å². The van der Waals surface area contributed by atoms with Gasteiger partial charge < -0.3 is 14.2 Å². The smallest absolute Gasteiger partial charge is 0.280 e. The van der Waals surface area contributed by atoms with Crippen LogP contribution in [0.15, 0.2) is 24.5 Å². The Morgan fingerprint density at radius 1 is 1.24 bits per heavy atom. The molecule has 12 heteroatoms. The fourth-order valence-corrected chi connectivity index (χ4v) is 5.00. The normalized spacial score (nSPS) is 21.7. The zero-order valence-corrected chi connectivity index (χ0v) is 21.2. The first-order valence-electron chi connectivity index (χ1n) is 12.2. The molecule has 2 saturated carbocycles. The van der Waals surface area contributed by atoms with Gasteiger partial charge in [0.1, 0.15) is 17.5 Å². The van der Waals surface area contributed by atoms with E-state index < -0.39 is 18.0 Å². The van der Waals surface area contributed by atoms with Gasteiger partial charge in [-0.3, -0.25) is 15.1 Å². The highest BCUT2D eigenvalue weighted by atomic mass is 32.1. The second-order valence-electron chi connectivity index (χ2n) is 9.56. The van der Waals surface area contributed by atoms with Gasteiger partial charge in [-0.15, -0.1) is 10.2 Å². The number of ether oxygens (including phenoxy) is 3. The standard InChI is InChI=1S/C26H23F2N5O4S/c1-35-19-12-29-18(23(27)28)8-16(19)15-9-21(37-20-10-26(20)6-7-36-13-26)30-11-17(15)24(34)31-25-33-32-22(38-25)5-4-14-2-3-14/h8-9,11-12,14,20,23H,2-3,6-7,10,13H2,1H3,(H,31,33,34)/t20-,26?/m1/s1. The van der Waals surface area contributed by atoms with Crippen LogP contribution >= 0.6 is 11.3 Å². The van der Waals surface area contributed by atoms with Gasteiger partial charge in [-0.1, -0.05) is 17.3 Å². The fraction of sp³-hybridized carbons (Fsp3) is 0.423. The number of carbonyl (C=O) groups is 1. The molecule has 3 aromatic heterocycles. The second-order valence-corrected chi connectivity index (χ2v) is 10.5. The number of rotatable bonds is 7. The molecule has 38 heavy (non-hydrogen) atoms. The third kappa shape index (κ3) is 5.04. The minimum Gasteiger partial charge on any atom is -0.494 e. The topological polar surface area (TPSA) is 108 Å². The molecule has 3 aromatic rings. The Morgan fingerprint density at radius 2 is 2.11 bits per heavy atom. The Balaban J connectivity index is 1.32. The van der Waals surface area contributed by atoms with Crippen molar-refractivity contribution in [3.63, 3.8) is 0 Å². The second kappa shape index (κ2) is 9.89. The zero-order valence-electron chi connectivity index (χ0n) is 20.4. The fourth-order valence-electron chi connectivity index (χ4n) is 4.40. The van der Waals surface area contributed by atoms with E-state index in [1.807, 2.05) is 0 Å². The molecule has 196 valence electrons. The van der Waals surface area contributed by atoms with E-state index in [9.17, 15) is 13.6 Å². The number of amides is 1. The molecule has 3 aliphatic rings. The summed E-state index contributed by atoms with van der Waals surface area (Å²) in [5, 5.41) is 11.5. The first-order valence-corrected chi connectivity index (χ1v) is 13.0. The number of carbonyl (C=O) groups excluding carboxylic acids is 1. The largest absolute Gasteiger partial charge is 0.494 e. The highest BCUT2D eigenvalue weighted by Gasteiger charge is 2.58. The number of pyridine rings is 2. The molecule has 1 unspecified atom stereocenters. The minimum atomic E-state index is -2.81. The number of nitrogens with zero attached hydrogens (tertiary/aromatic N) is 4. The van der Waals surface area contributed by atoms with Gasteiger partial charge in [0.25, 0.3) is 12.3 Å². The van der Waals surface area contributed by atoms with Crippen LogP contribution in [0.3, 0.4) is 0 Å². The first-order chi connectivity index (χ1) is 18.4. The van der Waals surface area contributed by atoms with E-state index in [-0.39, 0.29) is 39.4 Å². The van der Waals surface area contributed by atoms with Crippen LogP contribution in [-0.4, -0.2) is 52.5 Å². The van der Waals surface area contributed by atoms with Crippen molar-refractivity contribution in [2.24, 2.45) is 11.3 Å². The monoisotopic (exact) mass is 539 g/mol. The lowest BCUT2D eigenvalue weighted by molar-refractivity contribution is 0.102. The van der Waals surface area contributed by atoms with E-state index in [2.05, 4.69) is 37.3 Å². The minimum absolute atomic E-state index is 0.00691. The van der Waals surface area contributed by atoms with Gasteiger partial charge in [0.05, 0.1) is 25.5 Å². The van der Waals surface area contributed by atoms with Crippen molar-refractivity contribution in [3.05, 3.63) is 40.8 Å². The molecule has 1 saturated heterocycles. The van der Waals surface area contributed by atoms with Gasteiger partial charge in [-0.2, -0.15) is 0 Å². The SMILES string of the molecule is COc1cnc(C(F)F)cc1-c1cc(O[C@@H]2CC23CCOC3)ncc1C(=O)Nc1nnc(C#CC2CC2)s1. The quantitative estimate of drug-likeness (QED) is 0.437. The van der Waals surface area contributed by atoms with Gasteiger partial charge in [0.2, 0.25) is 11.0 Å². The number of hydrogen-bond acceptors (Lipinski definition) is 9. The van der Waals surface area contributed by atoms with E-state index in [0.29, 0.717) is 29.7 Å². The van der Waals surface area contributed by atoms with Crippen molar-refractivity contribution >= 4 is 22.4 Å². The van der Waals surface area contributed by atoms with Crippen LogP contribution in [0.2, 0.25) is 0 Å². The summed E-state index contributed by atoms with van der Waals surface area (Å²) >= 11 is 1.15. The summed E-state index contributed by atoms with van der Waals surface area (Å²) in [5.41, 5.74) is 0.242. The van der Waals surface area contributed by atoms with Crippen LogP contribution in [0.25, 0.3) is 11.1 Å². The maximum atomic E-state index is 13.5. The van der Waals surface area contributed by atoms with Crippen LogP contribution in [0.1, 0.15) is 53.2 Å². The van der Waals surface area contributed by atoms with Gasteiger partial charge >= 0.3 is 0 Å². The molecule has 3 fully saturated rings. The van der Waals surface area contributed by atoms with Crippen LogP contribution in [0.5, 0.6) is 11.6 Å². The third-order valence-electron chi connectivity index (χ3n) is 6.86. The number of aromatic nitrogens is 4. The van der Waals surface area contributed by atoms with Gasteiger partial charge in [0, 0.05) is 41.3 Å². The van der Waals surface area contributed by atoms with Crippen molar-refractivity contribution < 1.29 is 27.8 Å². The molecule has 1 aliphatic heterocycles. The number of alkyl halides is 2. The molecule has 2 aliphatic carbocycles. The summed E-state index contributed by atoms with van der Waals surface area (Å²) in [7, 11) is 1.40. The number of hydrogen-bond donors (Lipinski definition) is 1. The molecule has 0 radical (unpaired) electrons. The van der Waals surface area contributed by atoms with Gasteiger partial charge in [0.15, 0.2) is 5.01 Å². The molecule has 0 bridgehead atoms. The Kier molecular flexibility index (Phi) is 6.41. The number of anilines is 1. The number of methoxy groups -OCH3 is 1. The van der Waals surface area contributed by atoms with Crippen molar-refractivity contribution in [3.8, 4) is 34.6 Å². The summed E-state index contributed by atoms with van der Waals surface area (Å²) in [5.74, 6) is 6.44. The Hall–Kier alpha value is -3.69. The van der Waals surface area contributed by atoms with Gasteiger partial charge in [-0.25, -0.2) is 13.8 Å². The van der Waals surface area contributed by atoms with Crippen molar-refractivity contribution in [1.29, 1.82) is 0 Å². The summed E-state index contributed by atoms with van der Waals surface area (Å²) in [4.78, 5) is 21.5. The van der Waals surface area contributed by atoms with Crippen LogP contribution < -0.4 is 14.8 Å². The lowest BCUT2D eigenvalue weighted by Crippen LogP contribution is -2.15. The zero-order chi connectivity index (χ0) is 26.3. The maximum Gasteiger partial charge on any atom is 0.280 e. The first kappa shape index (κ1) is 24.6. The van der Waals surface area contributed by atoms with E-state index in [1.54, 1.807) is 6.07 Å². The maximum absolute atomic E-state index is 13.5. The lowest BCUT2D eigenvalue weighted by Gasteiger charge is -2.15. The van der Waals surface area contributed by atoms with Crippen LogP contribution in [0.4, 0.5) is 13.9 Å². The third-order valence-corrected chi connectivity index (χ3v) is 7.62. The molecule has 1 N–H and O–H groups in total.